The van der Waals surface area contributed by atoms with Gasteiger partial charge in [0.1, 0.15) is 0 Å². The summed E-state index contributed by atoms with van der Waals surface area (Å²) >= 11 is 0. The number of nitrogens with one attached hydrogen (secondary N) is 1. The lowest BCUT2D eigenvalue weighted by atomic mass is 9.98. The summed E-state index contributed by atoms with van der Waals surface area (Å²) in [5, 5.41) is 3.72. The van der Waals surface area contributed by atoms with Crippen LogP contribution in [0.25, 0.3) is 0 Å². The normalized spacial score (nSPS) is 28.6. The highest BCUT2D eigenvalue weighted by atomic mass is 15.3. The third-order valence-corrected chi connectivity index (χ3v) is 4.58. The van der Waals surface area contributed by atoms with Crippen molar-refractivity contribution in [2.45, 2.75) is 71.0 Å². The second-order valence-corrected chi connectivity index (χ2v) is 6.41. The van der Waals surface area contributed by atoms with Crippen LogP contribution in [0.15, 0.2) is 6.07 Å². The molecule has 0 amide bonds. The van der Waals surface area contributed by atoms with Crippen LogP contribution in [-0.4, -0.2) is 34.6 Å². The molecule has 2 bridgehead atoms. The number of nitrogens with zero attached hydrogens (tertiary/aromatic N) is 3. The third kappa shape index (κ3) is 2.80. The molecule has 20 heavy (non-hydrogen) atoms. The highest BCUT2D eigenvalue weighted by molar-refractivity contribution is 5.34. The molecule has 2 saturated heterocycles. The molecule has 0 saturated carbocycles. The van der Waals surface area contributed by atoms with Crippen LogP contribution in [0, 0.1) is 13.8 Å². The maximum Gasteiger partial charge on any atom is 0.226 e. The van der Waals surface area contributed by atoms with Gasteiger partial charge < -0.3 is 10.2 Å². The van der Waals surface area contributed by atoms with Crippen LogP contribution in [-0.2, 0) is 0 Å². The minimum atomic E-state index is 0.606. The number of piperidine rings is 1. The van der Waals surface area contributed by atoms with Gasteiger partial charge in [0.15, 0.2) is 0 Å². The lowest BCUT2D eigenvalue weighted by Gasteiger charge is -2.38. The molecule has 2 atom stereocenters. The Morgan fingerprint density at radius 1 is 1.15 bits per heavy atom. The maximum absolute atomic E-state index is 4.69. The molecular weight excluding hydrogens is 248 g/mol. The SMILES string of the molecule is CCCN(c1nc(C)cc(C)n1)C1CC2CCC(C1)N2. The fraction of sp³-hybridized carbons (Fsp3) is 0.750. The van der Waals surface area contributed by atoms with Crippen LogP contribution in [0.5, 0.6) is 0 Å². The molecule has 4 heteroatoms. The quantitative estimate of drug-likeness (QED) is 0.916. The molecule has 2 aliphatic rings. The van der Waals surface area contributed by atoms with Crippen LogP contribution in [0.4, 0.5) is 5.95 Å². The average Bonchev–Trinajstić information content (AvgIpc) is 2.73. The van der Waals surface area contributed by atoms with Crippen molar-refractivity contribution in [1.82, 2.24) is 15.3 Å². The number of aryl methyl sites for hydroxylation is 2. The van der Waals surface area contributed by atoms with E-state index in [2.05, 4.69) is 37.1 Å². The van der Waals surface area contributed by atoms with Gasteiger partial charge >= 0.3 is 0 Å². The molecule has 4 nitrogen and oxygen atoms in total. The Bertz CT molecular complexity index is 441. The van der Waals surface area contributed by atoms with Gasteiger partial charge in [-0.15, -0.1) is 0 Å². The Kier molecular flexibility index (Phi) is 3.92. The Labute approximate surface area is 122 Å². The van der Waals surface area contributed by atoms with E-state index in [1.165, 1.54) is 25.7 Å². The summed E-state index contributed by atoms with van der Waals surface area (Å²) in [6, 6.07) is 4.09. The highest BCUT2D eigenvalue weighted by Gasteiger charge is 2.36. The molecular formula is C16H26N4. The zero-order chi connectivity index (χ0) is 14.1. The third-order valence-electron chi connectivity index (χ3n) is 4.58. The Balaban J connectivity index is 1.84. The lowest BCUT2D eigenvalue weighted by molar-refractivity contribution is 0.344. The molecule has 3 rings (SSSR count). The number of rotatable bonds is 4. The largest absolute Gasteiger partial charge is 0.338 e. The van der Waals surface area contributed by atoms with E-state index in [4.69, 9.17) is 9.97 Å². The van der Waals surface area contributed by atoms with Crippen molar-refractivity contribution in [2.24, 2.45) is 0 Å². The van der Waals surface area contributed by atoms with E-state index in [-0.39, 0.29) is 0 Å². The van der Waals surface area contributed by atoms with Gasteiger partial charge in [-0.1, -0.05) is 6.92 Å². The Hall–Kier alpha value is -1.16. The van der Waals surface area contributed by atoms with Crippen molar-refractivity contribution >= 4 is 5.95 Å². The van der Waals surface area contributed by atoms with E-state index in [0.29, 0.717) is 18.1 Å². The van der Waals surface area contributed by atoms with Crippen molar-refractivity contribution < 1.29 is 0 Å². The molecule has 1 aromatic rings. The lowest BCUT2D eigenvalue weighted by Crippen LogP contribution is -2.49. The molecule has 0 aromatic carbocycles. The number of fused-ring (bicyclic) bond motifs is 2. The van der Waals surface area contributed by atoms with Crippen LogP contribution in [0.2, 0.25) is 0 Å². The fourth-order valence-corrected chi connectivity index (χ4v) is 3.80. The van der Waals surface area contributed by atoms with Gasteiger partial charge in [0.2, 0.25) is 5.95 Å². The van der Waals surface area contributed by atoms with Gasteiger partial charge in [0.25, 0.3) is 0 Å². The molecule has 1 N–H and O–H groups in total. The smallest absolute Gasteiger partial charge is 0.226 e. The zero-order valence-corrected chi connectivity index (χ0v) is 12.9. The predicted octanol–water partition coefficient (Wildman–Crippen LogP) is 2.59. The molecule has 110 valence electrons. The van der Waals surface area contributed by atoms with E-state index in [9.17, 15) is 0 Å². The van der Waals surface area contributed by atoms with E-state index < -0.39 is 0 Å². The van der Waals surface area contributed by atoms with Crippen LogP contribution >= 0.6 is 0 Å². The van der Waals surface area contributed by atoms with Gasteiger partial charge in [-0.05, 0) is 52.0 Å². The molecule has 3 heterocycles. The molecule has 1 aromatic heterocycles. The Morgan fingerprint density at radius 2 is 1.75 bits per heavy atom. The minimum Gasteiger partial charge on any atom is -0.338 e. The number of hydrogen-bond donors (Lipinski definition) is 1. The van der Waals surface area contributed by atoms with Crippen molar-refractivity contribution in [3.05, 3.63) is 17.5 Å². The summed E-state index contributed by atoms with van der Waals surface area (Å²) in [5.74, 6) is 0.940. The van der Waals surface area contributed by atoms with E-state index in [1.807, 2.05) is 0 Å². The molecule has 0 spiro atoms. The molecule has 2 fully saturated rings. The summed E-state index contributed by atoms with van der Waals surface area (Å²) in [7, 11) is 0. The van der Waals surface area contributed by atoms with E-state index >= 15 is 0 Å². The molecule has 0 radical (unpaired) electrons. The first-order chi connectivity index (χ1) is 9.65. The molecule has 2 aliphatic heterocycles. The summed E-state index contributed by atoms with van der Waals surface area (Å²) in [4.78, 5) is 11.9. The van der Waals surface area contributed by atoms with Crippen molar-refractivity contribution in [1.29, 1.82) is 0 Å². The van der Waals surface area contributed by atoms with E-state index in [1.54, 1.807) is 0 Å². The summed E-state index contributed by atoms with van der Waals surface area (Å²) in [6.07, 6.45) is 6.32. The summed E-state index contributed by atoms with van der Waals surface area (Å²) in [6.45, 7) is 7.43. The van der Waals surface area contributed by atoms with Crippen LogP contribution in [0.1, 0.15) is 50.4 Å². The van der Waals surface area contributed by atoms with Crippen LogP contribution in [0.3, 0.4) is 0 Å². The summed E-state index contributed by atoms with van der Waals surface area (Å²) < 4.78 is 0. The predicted molar refractivity (Wildman–Crippen MR) is 82.1 cm³/mol. The first-order valence-electron chi connectivity index (χ1n) is 8.00. The fourth-order valence-electron chi connectivity index (χ4n) is 3.80. The zero-order valence-electron chi connectivity index (χ0n) is 12.9. The van der Waals surface area contributed by atoms with Crippen molar-refractivity contribution in [3.8, 4) is 0 Å². The highest BCUT2D eigenvalue weighted by Crippen LogP contribution is 2.31. The number of hydrogen-bond acceptors (Lipinski definition) is 4. The molecule has 0 aliphatic carbocycles. The van der Waals surface area contributed by atoms with E-state index in [0.717, 1.165) is 30.3 Å². The average molecular weight is 274 g/mol. The first kappa shape index (κ1) is 13.8. The van der Waals surface area contributed by atoms with Gasteiger partial charge in [-0.3, -0.25) is 0 Å². The van der Waals surface area contributed by atoms with Gasteiger partial charge in [-0.25, -0.2) is 9.97 Å². The standard InChI is InChI=1S/C16H26N4/c1-4-7-20(16-17-11(2)8-12(3)18-16)15-9-13-5-6-14(10-15)19-13/h8,13-15,19H,4-7,9-10H2,1-3H3. The Morgan fingerprint density at radius 3 is 2.30 bits per heavy atom. The second-order valence-electron chi connectivity index (χ2n) is 6.41. The topological polar surface area (TPSA) is 41.1 Å². The number of aromatic nitrogens is 2. The second kappa shape index (κ2) is 5.68. The van der Waals surface area contributed by atoms with Gasteiger partial charge in [0, 0.05) is 36.1 Å². The van der Waals surface area contributed by atoms with Crippen molar-refractivity contribution in [3.63, 3.8) is 0 Å². The maximum atomic E-state index is 4.69. The number of anilines is 1. The van der Waals surface area contributed by atoms with Crippen LogP contribution < -0.4 is 10.2 Å². The summed E-state index contributed by atoms with van der Waals surface area (Å²) in [5.41, 5.74) is 2.15. The monoisotopic (exact) mass is 274 g/mol. The van der Waals surface area contributed by atoms with Gasteiger partial charge in [-0.2, -0.15) is 0 Å². The first-order valence-corrected chi connectivity index (χ1v) is 8.00. The minimum absolute atomic E-state index is 0.606. The molecule has 2 unspecified atom stereocenters. The van der Waals surface area contributed by atoms with Gasteiger partial charge in [0.05, 0.1) is 0 Å². The van der Waals surface area contributed by atoms with Crippen molar-refractivity contribution in [2.75, 3.05) is 11.4 Å².